The quantitative estimate of drug-likeness (QED) is 0.572. The maximum Gasteiger partial charge on any atom is 0.278 e. The lowest BCUT2D eigenvalue weighted by Gasteiger charge is -2.06. The molecule has 4 aromatic rings. The van der Waals surface area contributed by atoms with Crippen molar-refractivity contribution in [3.8, 4) is 10.6 Å². The average molecular weight is 370 g/mol. The standard InChI is InChI=1S/C17H14N4O2S2/c1-11-2-7-14-15(8-11)24-17(20-14)12-3-5-13(6-4-12)21-25(22,23)16-9-18-10-19-16/h2-10,21H,1H3,(H,18,19). The van der Waals surface area contributed by atoms with Crippen molar-refractivity contribution < 1.29 is 8.42 Å². The first-order valence-corrected chi connectivity index (χ1v) is 9.80. The lowest BCUT2D eigenvalue weighted by Crippen LogP contribution is -2.13. The summed E-state index contributed by atoms with van der Waals surface area (Å²) >= 11 is 1.62. The fraction of sp³-hybridized carbons (Fsp3) is 0.0588. The molecule has 126 valence electrons. The van der Waals surface area contributed by atoms with Crippen LogP contribution in [0.2, 0.25) is 0 Å². The molecule has 0 radical (unpaired) electrons. The number of nitrogens with one attached hydrogen (secondary N) is 2. The molecule has 0 saturated heterocycles. The van der Waals surface area contributed by atoms with Gasteiger partial charge in [0.2, 0.25) is 0 Å². The van der Waals surface area contributed by atoms with E-state index in [0.29, 0.717) is 5.69 Å². The molecule has 0 aliphatic rings. The minimum absolute atomic E-state index is 0.0260. The van der Waals surface area contributed by atoms with E-state index in [9.17, 15) is 8.42 Å². The van der Waals surface area contributed by atoms with Crippen molar-refractivity contribution in [1.29, 1.82) is 0 Å². The van der Waals surface area contributed by atoms with Crippen LogP contribution in [0, 0.1) is 6.92 Å². The third-order valence-corrected chi connectivity index (χ3v) is 6.06. The average Bonchev–Trinajstić information content (AvgIpc) is 3.24. The van der Waals surface area contributed by atoms with Gasteiger partial charge in [-0.25, -0.2) is 9.97 Å². The second-order valence-electron chi connectivity index (χ2n) is 5.59. The number of imidazole rings is 1. The van der Waals surface area contributed by atoms with Crippen molar-refractivity contribution in [2.75, 3.05) is 4.72 Å². The molecule has 0 saturated carbocycles. The second kappa shape index (κ2) is 5.98. The molecular formula is C17H14N4O2S2. The van der Waals surface area contributed by atoms with Gasteiger partial charge in [-0.2, -0.15) is 8.42 Å². The number of sulfonamides is 1. The first-order valence-electron chi connectivity index (χ1n) is 7.50. The van der Waals surface area contributed by atoms with Crippen molar-refractivity contribution in [1.82, 2.24) is 15.0 Å². The Hall–Kier alpha value is -2.71. The van der Waals surface area contributed by atoms with Crippen LogP contribution in [0.4, 0.5) is 5.69 Å². The number of thiazole rings is 1. The molecule has 25 heavy (non-hydrogen) atoms. The van der Waals surface area contributed by atoms with Gasteiger partial charge in [0.1, 0.15) is 5.01 Å². The van der Waals surface area contributed by atoms with Gasteiger partial charge in [0.15, 0.2) is 5.03 Å². The highest BCUT2D eigenvalue weighted by Gasteiger charge is 2.15. The fourth-order valence-electron chi connectivity index (χ4n) is 2.44. The van der Waals surface area contributed by atoms with Crippen molar-refractivity contribution in [2.24, 2.45) is 0 Å². The Labute approximate surface area is 148 Å². The van der Waals surface area contributed by atoms with Crippen LogP contribution in [0.5, 0.6) is 0 Å². The predicted octanol–water partition coefficient (Wildman–Crippen LogP) is 3.80. The summed E-state index contributed by atoms with van der Waals surface area (Å²) in [4.78, 5) is 10.9. The molecule has 8 heteroatoms. The Kier molecular flexibility index (Phi) is 3.78. The topological polar surface area (TPSA) is 87.7 Å². The van der Waals surface area contributed by atoms with E-state index in [-0.39, 0.29) is 5.03 Å². The molecule has 0 amide bonds. The Balaban J connectivity index is 1.61. The Morgan fingerprint density at radius 1 is 1.12 bits per heavy atom. The zero-order chi connectivity index (χ0) is 17.4. The summed E-state index contributed by atoms with van der Waals surface area (Å²) in [7, 11) is -3.65. The molecule has 2 aromatic carbocycles. The summed E-state index contributed by atoms with van der Waals surface area (Å²) in [5.41, 5.74) is 3.60. The van der Waals surface area contributed by atoms with Gasteiger partial charge >= 0.3 is 0 Å². The number of nitrogens with zero attached hydrogens (tertiary/aromatic N) is 2. The molecule has 0 unspecified atom stereocenters. The van der Waals surface area contributed by atoms with Crippen molar-refractivity contribution in [3.05, 3.63) is 60.6 Å². The van der Waals surface area contributed by atoms with Gasteiger partial charge in [-0.15, -0.1) is 11.3 Å². The highest BCUT2D eigenvalue weighted by Crippen LogP contribution is 2.31. The summed E-state index contributed by atoms with van der Waals surface area (Å²) in [5.74, 6) is 0. The number of benzene rings is 2. The number of hydrogen-bond acceptors (Lipinski definition) is 5. The minimum atomic E-state index is -3.65. The summed E-state index contributed by atoms with van der Waals surface area (Å²) in [5, 5.41) is 0.932. The Morgan fingerprint density at radius 3 is 2.64 bits per heavy atom. The second-order valence-corrected chi connectivity index (χ2v) is 8.27. The summed E-state index contributed by atoms with van der Waals surface area (Å²) < 4.78 is 28.0. The van der Waals surface area contributed by atoms with Gasteiger partial charge in [-0.1, -0.05) is 6.07 Å². The molecular weight excluding hydrogens is 356 g/mol. The maximum atomic E-state index is 12.2. The monoisotopic (exact) mass is 370 g/mol. The Bertz CT molecular complexity index is 1130. The van der Waals surface area contributed by atoms with E-state index in [1.54, 1.807) is 23.5 Å². The molecule has 0 atom stereocenters. The van der Waals surface area contributed by atoms with Gasteiger partial charge in [0.25, 0.3) is 10.0 Å². The number of anilines is 1. The highest BCUT2D eigenvalue weighted by molar-refractivity contribution is 7.92. The van der Waals surface area contributed by atoms with Crippen LogP contribution in [-0.4, -0.2) is 23.4 Å². The summed E-state index contributed by atoms with van der Waals surface area (Å²) in [6, 6.07) is 13.3. The third kappa shape index (κ3) is 3.13. The van der Waals surface area contributed by atoms with E-state index in [1.807, 2.05) is 24.3 Å². The zero-order valence-corrected chi connectivity index (χ0v) is 14.9. The number of fused-ring (bicyclic) bond motifs is 1. The van der Waals surface area contributed by atoms with Crippen LogP contribution in [0.1, 0.15) is 5.56 Å². The van der Waals surface area contributed by atoms with Gasteiger partial charge in [0.05, 0.1) is 22.7 Å². The number of H-pyrrole nitrogens is 1. The molecule has 2 aromatic heterocycles. The van der Waals surface area contributed by atoms with Crippen LogP contribution in [0.15, 0.2) is 60.0 Å². The van der Waals surface area contributed by atoms with E-state index < -0.39 is 10.0 Å². The van der Waals surface area contributed by atoms with E-state index in [4.69, 9.17) is 0 Å². The smallest absolute Gasteiger partial charge is 0.278 e. The molecule has 2 heterocycles. The van der Waals surface area contributed by atoms with Crippen LogP contribution in [-0.2, 0) is 10.0 Å². The van der Waals surface area contributed by atoms with E-state index in [1.165, 1.54) is 18.1 Å². The SMILES string of the molecule is Cc1ccc2nc(-c3ccc(NS(=O)(=O)c4cnc[nH]4)cc3)sc2c1. The number of aromatic nitrogens is 3. The molecule has 6 nitrogen and oxygen atoms in total. The molecule has 0 bridgehead atoms. The van der Waals surface area contributed by atoms with E-state index in [0.717, 1.165) is 20.8 Å². The largest absolute Gasteiger partial charge is 0.334 e. The van der Waals surface area contributed by atoms with Crippen LogP contribution in [0.25, 0.3) is 20.8 Å². The summed E-state index contributed by atoms with van der Waals surface area (Å²) in [6.45, 7) is 2.05. The number of aryl methyl sites for hydroxylation is 1. The van der Waals surface area contributed by atoms with Gasteiger partial charge in [0, 0.05) is 11.3 Å². The normalized spacial score (nSPS) is 11.7. The van der Waals surface area contributed by atoms with Crippen molar-refractivity contribution in [2.45, 2.75) is 11.9 Å². The highest BCUT2D eigenvalue weighted by atomic mass is 32.2. The van der Waals surface area contributed by atoms with Gasteiger partial charge in [-0.05, 0) is 48.9 Å². The zero-order valence-electron chi connectivity index (χ0n) is 13.2. The lowest BCUT2D eigenvalue weighted by atomic mass is 10.2. The van der Waals surface area contributed by atoms with Gasteiger partial charge in [-0.3, -0.25) is 4.72 Å². The number of hydrogen-bond donors (Lipinski definition) is 2. The first-order chi connectivity index (χ1) is 12.0. The number of aromatic amines is 1. The van der Waals surface area contributed by atoms with Crippen LogP contribution >= 0.6 is 11.3 Å². The van der Waals surface area contributed by atoms with E-state index in [2.05, 4.69) is 32.7 Å². The minimum Gasteiger partial charge on any atom is -0.334 e. The van der Waals surface area contributed by atoms with Crippen LogP contribution < -0.4 is 4.72 Å². The maximum absolute atomic E-state index is 12.2. The molecule has 4 rings (SSSR count). The molecule has 0 aliphatic carbocycles. The first kappa shape index (κ1) is 15.8. The predicted molar refractivity (Wildman–Crippen MR) is 99.2 cm³/mol. The van der Waals surface area contributed by atoms with Crippen molar-refractivity contribution in [3.63, 3.8) is 0 Å². The summed E-state index contributed by atoms with van der Waals surface area (Å²) in [6.07, 6.45) is 2.59. The van der Waals surface area contributed by atoms with E-state index >= 15 is 0 Å². The molecule has 0 aliphatic heterocycles. The number of rotatable bonds is 4. The molecule has 0 spiro atoms. The Morgan fingerprint density at radius 2 is 1.92 bits per heavy atom. The van der Waals surface area contributed by atoms with Gasteiger partial charge < -0.3 is 4.98 Å². The fourth-order valence-corrected chi connectivity index (χ4v) is 4.47. The van der Waals surface area contributed by atoms with Crippen LogP contribution in [0.3, 0.4) is 0 Å². The third-order valence-electron chi connectivity index (χ3n) is 3.69. The van der Waals surface area contributed by atoms with Crippen molar-refractivity contribution >= 4 is 37.3 Å². The lowest BCUT2D eigenvalue weighted by molar-refractivity contribution is 0.598. The molecule has 2 N–H and O–H groups in total. The molecule has 0 fully saturated rings.